The number of hydrogen-bond acceptors (Lipinski definition) is 5. The van der Waals surface area contributed by atoms with Gasteiger partial charge in [0.1, 0.15) is 0 Å². The molecule has 1 rings (SSSR count). The van der Waals surface area contributed by atoms with Gasteiger partial charge < -0.3 is 10.1 Å². The van der Waals surface area contributed by atoms with Gasteiger partial charge in [0.15, 0.2) is 0 Å². The van der Waals surface area contributed by atoms with Gasteiger partial charge in [0.05, 0.1) is 12.8 Å². The fourth-order valence-corrected chi connectivity index (χ4v) is 1.97. The van der Waals surface area contributed by atoms with Gasteiger partial charge in [0, 0.05) is 6.54 Å². The van der Waals surface area contributed by atoms with Crippen molar-refractivity contribution in [1.82, 2.24) is 14.5 Å². The van der Waals surface area contributed by atoms with Crippen molar-refractivity contribution in [3.8, 4) is 0 Å². The molecule has 0 unspecified atom stereocenters. The van der Waals surface area contributed by atoms with Crippen LogP contribution in [0.4, 0.5) is 14.0 Å². The first kappa shape index (κ1) is 20.6. The molecule has 0 aliphatic carbocycles. The van der Waals surface area contributed by atoms with E-state index in [1.165, 1.54) is 0 Å². The number of nitrogens with zero attached hydrogens (tertiary/aromatic N) is 2. The molecule has 8 nitrogen and oxygen atoms in total. The highest BCUT2D eigenvalue weighted by Crippen LogP contribution is 1.98. The Labute approximate surface area is 144 Å². The Kier molecular flexibility index (Phi) is 8.03. The molecular weight excluding hydrogens is 333 g/mol. The maximum Gasteiger partial charge on any atom is 0.425 e. The number of rotatable bonds is 7. The van der Waals surface area contributed by atoms with E-state index in [1.54, 1.807) is 13.8 Å². The van der Waals surface area contributed by atoms with Gasteiger partial charge in [-0.1, -0.05) is 40.0 Å². The number of hydrogen-bond donors (Lipinski definition) is 1. The van der Waals surface area contributed by atoms with E-state index in [2.05, 4.69) is 5.32 Å². The van der Waals surface area contributed by atoms with Gasteiger partial charge in [0.25, 0.3) is 0 Å². The van der Waals surface area contributed by atoms with Crippen LogP contribution in [0, 0.1) is 11.7 Å². The van der Waals surface area contributed by atoms with Crippen LogP contribution >= 0.6 is 0 Å². The number of halogens is 1. The molecule has 1 aromatic heterocycles. The summed E-state index contributed by atoms with van der Waals surface area (Å²) in [6, 6.07) is -0.911. The molecule has 140 valence electrons. The van der Waals surface area contributed by atoms with Crippen molar-refractivity contribution in [2.45, 2.75) is 46.5 Å². The third kappa shape index (κ3) is 5.84. The molecule has 0 aliphatic heterocycles. The molecule has 1 aromatic rings. The summed E-state index contributed by atoms with van der Waals surface area (Å²) < 4.78 is 18.9. The predicted octanol–water partition coefficient (Wildman–Crippen LogP) is 1.93. The van der Waals surface area contributed by atoms with E-state index in [1.807, 2.05) is 6.92 Å². The summed E-state index contributed by atoms with van der Waals surface area (Å²) in [5, 5.41) is 2.45. The van der Waals surface area contributed by atoms with E-state index in [0.717, 1.165) is 19.3 Å². The Morgan fingerprint density at radius 3 is 2.52 bits per heavy atom. The van der Waals surface area contributed by atoms with Gasteiger partial charge in [-0.2, -0.15) is 8.96 Å². The summed E-state index contributed by atoms with van der Waals surface area (Å²) >= 11 is 0. The van der Waals surface area contributed by atoms with E-state index in [-0.39, 0.29) is 17.1 Å². The molecule has 1 amide bonds. The third-order valence-electron chi connectivity index (χ3n) is 3.30. The number of carbonyl (C=O) groups excluding carboxylic acids is 2. The van der Waals surface area contributed by atoms with Crippen LogP contribution in [0.3, 0.4) is 0 Å². The lowest BCUT2D eigenvalue weighted by Crippen LogP contribution is -2.49. The van der Waals surface area contributed by atoms with E-state index in [0.29, 0.717) is 23.7 Å². The summed E-state index contributed by atoms with van der Waals surface area (Å²) in [5.74, 6) is -1.44. The minimum atomic E-state index is -1.45. The number of aromatic nitrogens is 2. The minimum Gasteiger partial charge on any atom is -0.448 e. The van der Waals surface area contributed by atoms with Crippen molar-refractivity contribution >= 4 is 12.1 Å². The molecule has 25 heavy (non-hydrogen) atoms. The second-order valence-electron chi connectivity index (χ2n) is 6.03. The molecule has 0 aliphatic rings. The largest absolute Gasteiger partial charge is 0.448 e. The second kappa shape index (κ2) is 9.75. The van der Waals surface area contributed by atoms with Crippen molar-refractivity contribution in [3.05, 3.63) is 32.9 Å². The first-order chi connectivity index (χ1) is 11.8. The molecule has 0 bridgehead atoms. The van der Waals surface area contributed by atoms with E-state index >= 15 is 0 Å². The van der Waals surface area contributed by atoms with Crippen molar-refractivity contribution in [2.24, 2.45) is 5.92 Å². The predicted molar refractivity (Wildman–Crippen MR) is 89.4 cm³/mol. The Bertz CT molecular complexity index is 723. The Morgan fingerprint density at radius 2 is 1.92 bits per heavy atom. The third-order valence-corrected chi connectivity index (χ3v) is 3.30. The highest BCUT2D eigenvalue weighted by atomic mass is 19.1. The summed E-state index contributed by atoms with van der Waals surface area (Å²) in [4.78, 5) is 47.8. The van der Waals surface area contributed by atoms with Gasteiger partial charge in [-0.05, 0) is 12.3 Å². The molecule has 0 atom stereocenters. The van der Waals surface area contributed by atoms with Gasteiger partial charge in [-0.25, -0.2) is 19.0 Å². The van der Waals surface area contributed by atoms with Gasteiger partial charge in [-0.15, -0.1) is 0 Å². The number of amides is 1. The lowest BCUT2D eigenvalue weighted by atomic mass is 10.2. The van der Waals surface area contributed by atoms with Crippen molar-refractivity contribution in [1.29, 1.82) is 0 Å². The topological polar surface area (TPSA) is 99.4 Å². The average Bonchev–Trinajstić information content (AvgIpc) is 2.56. The zero-order valence-corrected chi connectivity index (χ0v) is 14.7. The zero-order chi connectivity index (χ0) is 19.0. The number of nitrogens with one attached hydrogen (secondary N) is 1. The van der Waals surface area contributed by atoms with Crippen LogP contribution in [0.15, 0.2) is 15.8 Å². The minimum absolute atomic E-state index is 0.0195. The summed E-state index contributed by atoms with van der Waals surface area (Å²) in [6.45, 7) is 5.80. The molecule has 0 saturated carbocycles. The van der Waals surface area contributed by atoms with Crippen LogP contribution < -0.4 is 16.6 Å². The quantitative estimate of drug-likeness (QED) is 0.752. The lowest BCUT2D eigenvalue weighted by molar-refractivity contribution is 0.131. The maximum absolute atomic E-state index is 13.7. The first-order valence-corrected chi connectivity index (χ1v) is 8.29. The summed E-state index contributed by atoms with van der Waals surface area (Å²) in [5.41, 5.74) is -2.73. The Morgan fingerprint density at radius 1 is 1.24 bits per heavy atom. The normalized spacial score (nSPS) is 10.8. The zero-order valence-electron chi connectivity index (χ0n) is 14.7. The highest BCUT2D eigenvalue weighted by molar-refractivity contribution is 5.77. The van der Waals surface area contributed by atoms with Crippen molar-refractivity contribution in [2.75, 3.05) is 13.2 Å². The van der Waals surface area contributed by atoms with E-state index in [4.69, 9.17) is 4.74 Å². The first-order valence-electron chi connectivity index (χ1n) is 8.29. The van der Waals surface area contributed by atoms with E-state index in [9.17, 15) is 23.6 Å². The Balaban J connectivity index is 2.98. The van der Waals surface area contributed by atoms with Gasteiger partial charge >= 0.3 is 23.4 Å². The molecule has 1 heterocycles. The van der Waals surface area contributed by atoms with Crippen LogP contribution in [0.25, 0.3) is 0 Å². The second-order valence-corrected chi connectivity index (χ2v) is 6.03. The van der Waals surface area contributed by atoms with Crippen molar-refractivity contribution in [3.63, 3.8) is 0 Å². The molecular formula is C16H24FN3O5. The fourth-order valence-electron chi connectivity index (χ4n) is 1.97. The number of ether oxygens (including phenoxy) is 1. The van der Waals surface area contributed by atoms with Gasteiger partial charge in [-0.3, -0.25) is 4.79 Å². The fraction of sp³-hybridized carbons (Fsp3) is 0.625. The summed E-state index contributed by atoms with van der Waals surface area (Å²) in [6.07, 6.45) is 2.80. The van der Waals surface area contributed by atoms with Crippen LogP contribution in [-0.2, 0) is 4.74 Å². The number of unbranched alkanes of at least 4 members (excludes halogenated alkanes) is 3. The van der Waals surface area contributed by atoms with Crippen LogP contribution in [0.2, 0.25) is 0 Å². The standard InChI is InChI=1S/C16H24FN3O5/c1-4-5-6-7-8-18-14(22)19-9-12(17)13(21)20(15(19)23)16(24)25-10-11(2)3/h9,11H,4-8,10H2,1-3H3,(H,18,22). The smallest absolute Gasteiger partial charge is 0.425 e. The molecule has 0 radical (unpaired) electrons. The highest BCUT2D eigenvalue weighted by Gasteiger charge is 2.21. The average molecular weight is 357 g/mol. The molecule has 0 spiro atoms. The molecule has 0 aromatic carbocycles. The molecule has 9 heteroatoms. The maximum atomic E-state index is 13.7. The summed E-state index contributed by atoms with van der Waals surface area (Å²) in [7, 11) is 0. The van der Waals surface area contributed by atoms with E-state index < -0.39 is 29.2 Å². The SMILES string of the molecule is CCCCCCNC(=O)n1cc(F)c(=O)n(C(=O)OCC(C)C)c1=O. The van der Waals surface area contributed by atoms with Crippen LogP contribution in [0.5, 0.6) is 0 Å². The number of carbonyl (C=O) groups is 2. The Hall–Kier alpha value is -2.45. The molecule has 0 saturated heterocycles. The molecule has 0 fully saturated rings. The van der Waals surface area contributed by atoms with Crippen LogP contribution in [0.1, 0.15) is 46.5 Å². The molecule has 1 N–H and O–H groups in total. The van der Waals surface area contributed by atoms with Crippen molar-refractivity contribution < 1.29 is 18.7 Å². The monoisotopic (exact) mass is 357 g/mol. The van der Waals surface area contributed by atoms with Crippen LogP contribution in [-0.4, -0.2) is 34.4 Å². The van der Waals surface area contributed by atoms with Gasteiger partial charge in [0.2, 0.25) is 5.82 Å². The lowest BCUT2D eigenvalue weighted by Gasteiger charge is -2.11.